The van der Waals surface area contributed by atoms with Crippen LogP contribution >= 0.6 is 12.6 Å². The predicted molar refractivity (Wildman–Crippen MR) is 123 cm³/mol. The summed E-state index contributed by atoms with van der Waals surface area (Å²) in [5, 5.41) is 4.97. The van der Waals surface area contributed by atoms with E-state index in [1.54, 1.807) is 6.92 Å². The molecule has 1 aliphatic rings. The Hall–Kier alpha value is -2.80. The molecule has 0 heterocycles. The van der Waals surface area contributed by atoms with Crippen molar-refractivity contribution in [1.29, 1.82) is 0 Å². The van der Waals surface area contributed by atoms with Gasteiger partial charge in [0.25, 0.3) is 0 Å². The third-order valence-electron chi connectivity index (χ3n) is 5.67. The van der Waals surface area contributed by atoms with E-state index in [1.165, 1.54) is 6.92 Å². The molecule has 3 rings (SSSR count). The van der Waals surface area contributed by atoms with Crippen molar-refractivity contribution >= 4 is 29.7 Å². The fraction of sp³-hybridized carbons (Fsp3) is 0.375. The van der Waals surface area contributed by atoms with Gasteiger partial charge in [0.2, 0.25) is 11.0 Å². The van der Waals surface area contributed by atoms with E-state index in [0.29, 0.717) is 25.8 Å². The van der Waals surface area contributed by atoms with Crippen LogP contribution in [0.4, 0.5) is 4.79 Å². The first kappa shape index (κ1) is 22.9. The highest BCUT2D eigenvalue weighted by molar-refractivity contribution is 7.96. The van der Waals surface area contributed by atoms with E-state index >= 15 is 0 Å². The zero-order chi connectivity index (χ0) is 22.4. The summed E-state index contributed by atoms with van der Waals surface area (Å²) < 4.78 is 5.55. The molecule has 0 aliphatic heterocycles. The molecule has 0 saturated heterocycles. The van der Waals surface area contributed by atoms with Crippen LogP contribution in [0.1, 0.15) is 50.2 Å². The number of unbranched alkanes of at least 4 members (excludes halogenated alkanes) is 1. The highest BCUT2D eigenvalue weighted by atomic mass is 32.1. The number of ether oxygens (including phenoxy) is 1. The molecule has 1 unspecified atom stereocenters. The molecular weight excluding hydrogens is 412 g/mol. The van der Waals surface area contributed by atoms with Crippen LogP contribution in [0.25, 0.3) is 11.1 Å². The Morgan fingerprint density at radius 3 is 2.13 bits per heavy atom. The smallest absolute Gasteiger partial charge is 0.407 e. The van der Waals surface area contributed by atoms with Gasteiger partial charge in [-0.2, -0.15) is 0 Å². The quantitative estimate of drug-likeness (QED) is 0.406. The summed E-state index contributed by atoms with van der Waals surface area (Å²) in [5.74, 6) is -0.140. The first-order valence-electron chi connectivity index (χ1n) is 10.4. The van der Waals surface area contributed by atoms with Crippen molar-refractivity contribution in [3.63, 3.8) is 0 Å². The molecule has 0 spiro atoms. The maximum Gasteiger partial charge on any atom is 0.407 e. The number of benzene rings is 2. The maximum atomic E-state index is 12.5. The Kier molecular flexibility index (Phi) is 7.38. The summed E-state index contributed by atoms with van der Waals surface area (Å²) in [6, 6.07) is 16.2. The zero-order valence-corrected chi connectivity index (χ0v) is 18.7. The number of hydrogen-bond acceptors (Lipinski definition) is 4. The third kappa shape index (κ3) is 5.47. The highest BCUT2D eigenvalue weighted by Crippen LogP contribution is 2.44. The average Bonchev–Trinajstić information content (AvgIpc) is 3.05. The topological polar surface area (TPSA) is 84.5 Å². The van der Waals surface area contributed by atoms with Crippen molar-refractivity contribution in [3.8, 4) is 11.1 Å². The van der Waals surface area contributed by atoms with Crippen LogP contribution in [0.3, 0.4) is 0 Å². The minimum atomic E-state index is -1.14. The number of rotatable bonds is 9. The first-order chi connectivity index (χ1) is 14.8. The maximum absolute atomic E-state index is 12.5. The normalized spacial score (nSPS) is 14.2. The Balaban J connectivity index is 1.59. The Bertz CT molecular complexity index is 932. The molecule has 0 radical (unpaired) electrons. The number of thiol groups is 1. The summed E-state index contributed by atoms with van der Waals surface area (Å²) >= 11 is 3.96. The highest BCUT2D eigenvalue weighted by Gasteiger charge is 2.34. The lowest BCUT2D eigenvalue weighted by molar-refractivity contribution is -0.119. The number of alkyl carbamates (subject to hydrolysis) is 1. The number of nitrogens with one attached hydrogen (secondary N) is 2. The van der Waals surface area contributed by atoms with E-state index in [-0.39, 0.29) is 18.4 Å². The molecule has 7 heteroatoms. The minimum Gasteiger partial charge on any atom is -0.449 e. The summed E-state index contributed by atoms with van der Waals surface area (Å²) in [6.45, 7) is 3.80. The van der Waals surface area contributed by atoms with Gasteiger partial charge in [-0.1, -0.05) is 48.5 Å². The van der Waals surface area contributed by atoms with Gasteiger partial charge in [-0.05, 0) is 48.4 Å². The molecule has 2 N–H and O–H groups in total. The van der Waals surface area contributed by atoms with E-state index in [0.717, 1.165) is 22.3 Å². The molecule has 0 bridgehead atoms. The average molecular weight is 441 g/mol. The fourth-order valence-electron chi connectivity index (χ4n) is 3.95. The van der Waals surface area contributed by atoms with Gasteiger partial charge in [-0.25, -0.2) is 4.79 Å². The van der Waals surface area contributed by atoms with E-state index in [1.807, 2.05) is 24.3 Å². The monoisotopic (exact) mass is 440 g/mol. The van der Waals surface area contributed by atoms with Crippen molar-refractivity contribution in [2.45, 2.75) is 44.6 Å². The molecule has 6 nitrogen and oxygen atoms in total. The molecule has 2 aromatic carbocycles. The van der Waals surface area contributed by atoms with Crippen LogP contribution in [-0.2, 0) is 14.3 Å². The molecule has 0 aromatic heterocycles. The van der Waals surface area contributed by atoms with Crippen LogP contribution < -0.4 is 10.6 Å². The number of carbonyl (C=O) groups excluding carboxylic acids is 3. The van der Waals surface area contributed by atoms with Gasteiger partial charge in [0.1, 0.15) is 12.1 Å². The molecule has 2 amide bonds. The van der Waals surface area contributed by atoms with Crippen LogP contribution in [0.15, 0.2) is 48.5 Å². The Morgan fingerprint density at radius 1 is 1.00 bits per heavy atom. The molecule has 1 aliphatic carbocycles. The van der Waals surface area contributed by atoms with Gasteiger partial charge < -0.3 is 15.4 Å². The van der Waals surface area contributed by atoms with Gasteiger partial charge in [0, 0.05) is 19.4 Å². The van der Waals surface area contributed by atoms with Crippen LogP contribution in [0.5, 0.6) is 0 Å². The SMILES string of the molecule is CC(=O)NCCCCC(C)(NC(=O)OCC1c2ccccc2-c2ccccc21)C(=O)S. The summed E-state index contributed by atoms with van der Waals surface area (Å²) in [4.78, 5) is 35.6. The van der Waals surface area contributed by atoms with Crippen LogP contribution in [-0.4, -0.2) is 35.8 Å². The first-order valence-corrected chi connectivity index (χ1v) is 10.9. The molecule has 2 aromatic rings. The van der Waals surface area contributed by atoms with Crippen molar-refractivity contribution in [3.05, 3.63) is 59.7 Å². The summed E-state index contributed by atoms with van der Waals surface area (Å²) in [6.07, 6.45) is 1.10. The Morgan fingerprint density at radius 2 is 1.58 bits per heavy atom. The van der Waals surface area contributed by atoms with Gasteiger partial charge in [-0.15, -0.1) is 12.6 Å². The molecule has 0 saturated carbocycles. The molecule has 31 heavy (non-hydrogen) atoms. The number of carbonyl (C=O) groups is 3. The van der Waals surface area contributed by atoms with Crippen LogP contribution in [0.2, 0.25) is 0 Å². The summed E-state index contributed by atoms with van der Waals surface area (Å²) in [5.41, 5.74) is 3.43. The van der Waals surface area contributed by atoms with Crippen LogP contribution in [0, 0.1) is 0 Å². The minimum absolute atomic E-state index is 0.0474. The van der Waals surface area contributed by atoms with Crippen molar-refractivity contribution in [1.82, 2.24) is 10.6 Å². The van der Waals surface area contributed by atoms with E-state index in [9.17, 15) is 14.4 Å². The van der Waals surface area contributed by atoms with Gasteiger partial charge in [0.15, 0.2) is 0 Å². The lowest BCUT2D eigenvalue weighted by Gasteiger charge is -2.27. The standard InChI is InChI=1S/C24H28N2O4S/c1-16(27)25-14-8-7-13-24(2,22(28)31)26-23(29)30-15-21-19-11-5-3-9-17(19)18-10-4-6-12-20(18)21/h3-6,9-12,21H,7-8,13-15H2,1-2H3,(H,25,27)(H,26,29)(H,28,31). The van der Waals surface area contributed by atoms with Gasteiger partial charge in [0.05, 0.1) is 0 Å². The summed E-state index contributed by atoms with van der Waals surface area (Å²) in [7, 11) is 0. The second-order valence-corrected chi connectivity index (χ2v) is 8.43. The largest absolute Gasteiger partial charge is 0.449 e. The lowest BCUT2D eigenvalue weighted by atomic mass is 9.96. The van der Waals surface area contributed by atoms with Crippen molar-refractivity contribution < 1.29 is 19.1 Å². The predicted octanol–water partition coefficient (Wildman–Crippen LogP) is 4.05. The van der Waals surface area contributed by atoms with Gasteiger partial charge in [-0.3, -0.25) is 9.59 Å². The van der Waals surface area contributed by atoms with Crippen molar-refractivity contribution in [2.24, 2.45) is 0 Å². The van der Waals surface area contributed by atoms with Crippen molar-refractivity contribution in [2.75, 3.05) is 13.2 Å². The number of hydrogen-bond donors (Lipinski definition) is 3. The second-order valence-electron chi connectivity index (χ2n) is 8.03. The Labute approximate surface area is 188 Å². The number of fused-ring (bicyclic) bond motifs is 3. The van der Waals surface area contributed by atoms with E-state index in [4.69, 9.17) is 4.74 Å². The molecular formula is C24H28N2O4S. The molecule has 0 fully saturated rings. The second kappa shape index (κ2) is 10.0. The van der Waals surface area contributed by atoms with E-state index in [2.05, 4.69) is 47.5 Å². The zero-order valence-electron chi connectivity index (χ0n) is 17.8. The lowest BCUT2D eigenvalue weighted by Crippen LogP contribution is -2.51. The van der Waals surface area contributed by atoms with Gasteiger partial charge >= 0.3 is 6.09 Å². The van der Waals surface area contributed by atoms with E-state index < -0.39 is 16.7 Å². The third-order valence-corrected chi connectivity index (χ3v) is 6.16. The molecule has 1 atom stereocenters. The fourth-order valence-corrected chi connectivity index (χ4v) is 4.12. The molecule has 164 valence electrons. The number of amides is 2.